The Hall–Kier alpha value is -0.800. The number of nitrogens with zero attached hydrogens (tertiary/aromatic N) is 1. The highest BCUT2D eigenvalue weighted by Gasteiger charge is 2.29. The van der Waals surface area contributed by atoms with Crippen LogP contribution in [0.4, 0.5) is 0 Å². The van der Waals surface area contributed by atoms with Crippen molar-refractivity contribution in [1.29, 1.82) is 0 Å². The second kappa shape index (κ2) is 6.58. The van der Waals surface area contributed by atoms with Crippen molar-refractivity contribution in [1.82, 2.24) is 4.90 Å². The van der Waals surface area contributed by atoms with E-state index < -0.39 is 0 Å². The lowest BCUT2D eigenvalue weighted by Crippen LogP contribution is -2.40. The van der Waals surface area contributed by atoms with Gasteiger partial charge in [-0.3, -0.25) is 4.90 Å². The minimum absolute atomic E-state index is 0.0988. The van der Waals surface area contributed by atoms with Crippen molar-refractivity contribution in [3.05, 3.63) is 24.2 Å². The molecule has 0 radical (unpaired) electrons. The Labute approximate surface area is 117 Å². The van der Waals surface area contributed by atoms with E-state index in [4.69, 9.17) is 10.2 Å². The smallest absolute Gasteiger partial charge is 0.122 e. The Bertz CT molecular complexity index is 359. The molecule has 0 amide bonds. The van der Waals surface area contributed by atoms with E-state index in [1.54, 1.807) is 6.26 Å². The first kappa shape index (κ1) is 14.6. The molecule has 3 unspecified atom stereocenters. The molecule has 1 saturated heterocycles. The van der Waals surface area contributed by atoms with Crippen molar-refractivity contribution in [3.8, 4) is 0 Å². The van der Waals surface area contributed by atoms with Gasteiger partial charge >= 0.3 is 0 Å². The van der Waals surface area contributed by atoms with Crippen LogP contribution < -0.4 is 5.73 Å². The maximum absolute atomic E-state index is 6.20. The number of likely N-dealkylation sites (tertiary alicyclic amines) is 1. The fourth-order valence-electron chi connectivity index (χ4n) is 3.32. The van der Waals surface area contributed by atoms with Crippen LogP contribution in [0.5, 0.6) is 0 Å². The summed E-state index contributed by atoms with van der Waals surface area (Å²) in [6, 6.07) is 4.33. The minimum atomic E-state index is 0.0988. The van der Waals surface area contributed by atoms with E-state index in [9.17, 15) is 0 Å². The fourth-order valence-corrected chi connectivity index (χ4v) is 3.32. The van der Waals surface area contributed by atoms with Gasteiger partial charge in [-0.1, -0.05) is 13.8 Å². The minimum Gasteiger partial charge on any atom is -0.468 e. The van der Waals surface area contributed by atoms with Crippen molar-refractivity contribution in [2.24, 2.45) is 17.6 Å². The van der Waals surface area contributed by atoms with Crippen LogP contribution in [-0.2, 0) is 0 Å². The van der Waals surface area contributed by atoms with Crippen LogP contribution in [-0.4, -0.2) is 24.0 Å². The SMILES string of the molecule is CC(C)C1CCCN(C(c2ccco2)C(C)N)CC1. The molecule has 3 nitrogen and oxygen atoms in total. The van der Waals surface area contributed by atoms with Gasteiger partial charge in [-0.2, -0.15) is 0 Å². The first-order valence-corrected chi connectivity index (χ1v) is 7.62. The molecule has 0 saturated carbocycles. The Morgan fingerprint density at radius 2 is 2.05 bits per heavy atom. The Morgan fingerprint density at radius 1 is 1.26 bits per heavy atom. The van der Waals surface area contributed by atoms with E-state index in [2.05, 4.69) is 31.7 Å². The number of nitrogens with two attached hydrogens (primary N) is 1. The summed E-state index contributed by atoms with van der Waals surface area (Å²) in [5, 5.41) is 0. The molecule has 1 fully saturated rings. The summed E-state index contributed by atoms with van der Waals surface area (Å²) in [5.41, 5.74) is 6.20. The van der Waals surface area contributed by atoms with E-state index >= 15 is 0 Å². The predicted molar refractivity (Wildman–Crippen MR) is 78.9 cm³/mol. The molecule has 2 N–H and O–H groups in total. The molecule has 2 heterocycles. The van der Waals surface area contributed by atoms with Gasteiger partial charge in [-0.25, -0.2) is 0 Å². The predicted octanol–water partition coefficient (Wildman–Crippen LogP) is 3.43. The molecule has 1 aromatic heterocycles. The summed E-state index contributed by atoms with van der Waals surface area (Å²) in [6.45, 7) is 9.04. The average Bonchev–Trinajstić information content (AvgIpc) is 2.74. The van der Waals surface area contributed by atoms with Gasteiger partial charge < -0.3 is 10.2 Å². The lowest BCUT2D eigenvalue weighted by atomic mass is 9.89. The lowest BCUT2D eigenvalue weighted by Gasteiger charge is -2.32. The van der Waals surface area contributed by atoms with Crippen LogP contribution in [0.2, 0.25) is 0 Å². The van der Waals surface area contributed by atoms with E-state index in [1.807, 2.05) is 6.07 Å². The zero-order valence-electron chi connectivity index (χ0n) is 12.5. The average molecular weight is 264 g/mol. The van der Waals surface area contributed by atoms with Crippen molar-refractivity contribution >= 4 is 0 Å². The van der Waals surface area contributed by atoms with Gasteiger partial charge in [0.05, 0.1) is 12.3 Å². The standard InChI is InChI=1S/C16H28N2O/c1-12(2)14-6-4-9-18(10-8-14)16(13(3)17)15-7-5-11-19-15/h5,7,11-14,16H,4,6,8-10,17H2,1-3H3. The molecular formula is C16H28N2O. The van der Waals surface area contributed by atoms with Gasteiger partial charge in [-0.15, -0.1) is 0 Å². The van der Waals surface area contributed by atoms with Crippen LogP contribution in [0.15, 0.2) is 22.8 Å². The second-order valence-corrected chi connectivity index (χ2v) is 6.29. The molecule has 1 aliphatic rings. The molecular weight excluding hydrogens is 236 g/mol. The Kier molecular flexibility index (Phi) is 5.06. The lowest BCUT2D eigenvalue weighted by molar-refractivity contribution is 0.157. The molecule has 108 valence electrons. The summed E-state index contributed by atoms with van der Waals surface area (Å²) in [4.78, 5) is 2.52. The van der Waals surface area contributed by atoms with Crippen molar-refractivity contribution in [2.75, 3.05) is 13.1 Å². The molecule has 2 rings (SSSR count). The Balaban J connectivity index is 2.06. The topological polar surface area (TPSA) is 42.4 Å². The second-order valence-electron chi connectivity index (χ2n) is 6.29. The van der Waals surface area contributed by atoms with Crippen molar-refractivity contribution in [3.63, 3.8) is 0 Å². The normalized spacial score (nSPS) is 25.2. The van der Waals surface area contributed by atoms with Crippen LogP contribution in [0.1, 0.15) is 51.8 Å². The highest BCUT2D eigenvalue weighted by atomic mass is 16.3. The van der Waals surface area contributed by atoms with Crippen LogP contribution in [0.3, 0.4) is 0 Å². The van der Waals surface area contributed by atoms with Crippen molar-refractivity contribution < 1.29 is 4.42 Å². The molecule has 0 bridgehead atoms. The zero-order valence-corrected chi connectivity index (χ0v) is 12.5. The first-order valence-electron chi connectivity index (χ1n) is 7.62. The maximum atomic E-state index is 6.20. The monoisotopic (exact) mass is 264 g/mol. The summed E-state index contributed by atoms with van der Waals surface area (Å²) >= 11 is 0. The largest absolute Gasteiger partial charge is 0.468 e. The van der Waals surface area contributed by atoms with Gasteiger partial charge in [0.1, 0.15) is 5.76 Å². The van der Waals surface area contributed by atoms with Gasteiger partial charge in [0, 0.05) is 6.04 Å². The molecule has 3 atom stereocenters. The van der Waals surface area contributed by atoms with E-state index in [-0.39, 0.29) is 12.1 Å². The van der Waals surface area contributed by atoms with E-state index in [0.29, 0.717) is 0 Å². The molecule has 0 aliphatic carbocycles. The van der Waals surface area contributed by atoms with Crippen LogP contribution in [0.25, 0.3) is 0 Å². The van der Waals surface area contributed by atoms with E-state index in [1.165, 1.54) is 19.3 Å². The molecule has 3 heteroatoms. The number of furan rings is 1. The highest BCUT2D eigenvalue weighted by molar-refractivity contribution is 5.07. The van der Waals surface area contributed by atoms with Gasteiger partial charge in [0.25, 0.3) is 0 Å². The highest BCUT2D eigenvalue weighted by Crippen LogP contribution is 2.30. The Morgan fingerprint density at radius 3 is 2.63 bits per heavy atom. The van der Waals surface area contributed by atoms with Crippen LogP contribution in [0, 0.1) is 11.8 Å². The maximum Gasteiger partial charge on any atom is 0.122 e. The van der Waals surface area contributed by atoms with E-state index in [0.717, 1.165) is 30.7 Å². The third kappa shape index (κ3) is 3.61. The van der Waals surface area contributed by atoms with Crippen molar-refractivity contribution in [2.45, 2.75) is 52.1 Å². The molecule has 1 aromatic rings. The summed E-state index contributed by atoms with van der Waals surface area (Å²) in [6.07, 6.45) is 5.64. The number of rotatable bonds is 4. The first-order chi connectivity index (χ1) is 9.09. The third-order valence-corrected chi connectivity index (χ3v) is 4.48. The fraction of sp³-hybridized carbons (Fsp3) is 0.750. The quantitative estimate of drug-likeness (QED) is 0.906. The summed E-state index contributed by atoms with van der Waals surface area (Å²) < 4.78 is 5.60. The third-order valence-electron chi connectivity index (χ3n) is 4.48. The molecule has 0 spiro atoms. The summed E-state index contributed by atoms with van der Waals surface area (Å²) in [5.74, 6) is 2.66. The summed E-state index contributed by atoms with van der Waals surface area (Å²) in [7, 11) is 0. The molecule has 19 heavy (non-hydrogen) atoms. The number of hydrogen-bond donors (Lipinski definition) is 1. The van der Waals surface area contributed by atoms with Gasteiger partial charge in [0.15, 0.2) is 0 Å². The molecule has 1 aliphatic heterocycles. The number of hydrogen-bond acceptors (Lipinski definition) is 3. The molecule has 0 aromatic carbocycles. The van der Waals surface area contributed by atoms with Gasteiger partial charge in [-0.05, 0) is 63.2 Å². The van der Waals surface area contributed by atoms with Gasteiger partial charge in [0.2, 0.25) is 0 Å². The van der Waals surface area contributed by atoms with Crippen LogP contribution >= 0.6 is 0 Å². The zero-order chi connectivity index (χ0) is 13.8.